The molecule has 0 rings (SSSR count). The molecular weight excluding hydrogens is 174 g/mol. The molecule has 0 fully saturated rings. The van der Waals surface area contributed by atoms with Crippen molar-refractivity contribution < 1.29 is 5.11 Å². The van der Waals surface area contributed by atoms with Gasteiger partial charge in [0, 0.05) is 18.2 Å². The van der Waals surface area contributed by atoms with Gasteiger partial charge in [-0.3, -0.25) is 4.99 Å². The second kappa shape index (κ2) is 6.77. The van der Waals surface area contributed by atoms with Crippen LogP contribution >= 0.6 is 0 Å². The molecule has 0 aromatic heterocycles. The molecule has 14 heavy (non-hydrogen) atoms. The van der Waals surface area contributed by atoms with Crippen molar-refractivity contribution in [2.45, 2.75) is 59.6 Å². The Kier molecular flexibility index (Phi) is 6.46. The molecule has 0 saturated carbocycles. The number of nitrogens with zero attached hydrogens (tertiary/aromatic N) is 1. The van der Waals surface area contributed by atoms with Gasteiger partial charge in [-0.2, -0.15) is 0 Å². The predicted molar refractivity (Wildman–Crippen MR) is 62.9 cm³/mol. The van der Waals surface area contributed by atoms with Crippen molar-refractivity contribution in [1.29, 1.82) is 0 Å². The lowest BCUT2D eigenvalue weighted by Crippen LogP contribution is -2.12. The van der Waals surface area contributed by atoms with E-state index in [4.69, 9.17) is 0 Å². The summed E-state index contributed by atoms with van der Waals surface area (Å²) in [5, 5.41) is 9.54. The van der Waals surface area contributed by atoms with Gasteiger partial charge in [0.1, 0.15) is 0 Å². The first-order chi connectivity index (χ1) is 6.45. The molecule has 0 amide bonds. The van der Waals surface area contributed by atoms with Crippen LogP contribution in [0.3, 0.4) is 0 Å². The van der Waals surface area contributed by atoms with Crippen LogP contribution in [0.5, 0.6) is 0 Å². The highest BCUT2D eigenvalue weighted by Gasteiger charge is 2.05. The van der Waals surface area contributed by atoms with E-state index in [1.54, 1.807) is 0 Å². The summed E-state index contributed by atoms with van der Waals surface area (Å²) in [5.41, 5.74) is 2.24. The van der Waals surface area contributed by atoms with Crippen molar-refractivity contribution in [3.8, 4) is 0 Å². The molecule has 0 aliphatic carbocycles. The molecule has 0 bridgehead atoms. The Morgan fingerprint density at radius 2 is 1.93 bits per heavy atom. The standard InChI is InChI=1S/C12H23NO/c1-6-12(14)8-11(7-9(2)3)13-10(4)5/h7,10,12,14H,6,8H2,1-5H3. The number of rotatable bonds is 5. The van der Waals surface area contributed by atoms with E-state index >= 15 is 0 Å². The van der Waals surface area contributed by atoms with Crippen molar-refractivity contribution in [3.63, 3.8) is 0 Å². The zero-order valence-electron chi connectivity index (χ0n) is 10.0. The van der Waals surface area contributed by atoms with Gasteiger partial charge in [0.15, 0.2) is 0 Å². The molecule has 0 heterocycles. The van der Waals surface area contributed by atoms with Crippen LogP contribution < -0.4 is 0 Å². The highest BCUT2D eigenvalue weighted by atomic mass is 16.3. The molecule has 82 valence electrons. The van der Waals surface area contributed by atoms with E-state index in [1.165, 1.54) is 5.57 Å². The molecule has 0 radical (unpaired) electrons. The van der Waals surface area contributed by atoms with Crippen LogP contribution in [-0.4, -0.2) is 23.0 Å². The third-order valence-electron chi connectivity index (χ3n) is 1.80. The molecule has 2 heteroatoms. The Bertz CT molecular complexity index is 212. The van der Waals surface area contributed by atoms with E-state index in [9.17, 15) is 5.11 Å². The Labute approximate surface area is 87.8 Å². The summed E-state index contributed by atoms with van der Waals surface area (Å²) in [6.45, 7) is 10.2. The van der Waals surface area contributed by atoms with Gasteiger partial charge >= 0.3 is 0 Å². The quantitative estimate of drug-likeness (QED) is 0.675. The molecule has 0 aliphatic heterocycles. The molecule has 1 atom stereocenters. The topological polar surface area (TPSA) is 32.6 Å². The summed E-state index contributed by atoms with van der Waals surface area (Å²) in [5.74, 6) is 0. The first-order valence-electron chi connectivity index (χ1n) is 5.35. The molecular formula is C12H23NO. The minimum atomic E-state index is -0.261. The molecule has 1 N–H and O–H groups in total. The lowest BCUT2D eigenvalue weighted by atomic mass is 10.1. The van der Waals surface area contributed by atoms with E-state index in [0.717, 1.165) is 12.1 Å². The zero-order chi connectivity index (χ0) is 11.1. The van der Waals surface area contributed by atoms with E-state index in [2.05, 4.69) is 24.9 Å². The maximum absolute atomic E-state index is 9.54. The fourth-order valence-electron chi connectivity index (χ4n) is 1.20. The van der Waals surface area contributed by atoms with Gasteiger partial charge in [-0.05, 0) is 40.2 Å². The van der Waals surface area contributed by atoms with Crippen molar-refractivity contribution in [1.82, 2.24) is 0 Å². The molecule has 0 saturated heterocycles. The van der Waals surface area contributed by atoms with Crippen LogP contribution in [0.1, 0.15) is 47.5 Å². The third kappa shape index (κ3) is 6.84. The summed E-state index contributed by atoms with van der Waals surface area (Å²) in [7, 11) is 0. The first-order valence-corrected chi connectivity index (χ1v) is 5.35. The number of aliphatic hydroxyl groups is 1. The van der Waals surface area contributed by atoms with Crippen LogP contribution in [0, 0.1) is 0 Å². The van der Waals surface area contributed by atoms with E-state index in [-0.39, 0.29) is 6.10 Å². The maximum Gasteiger partial charge on any atom is 0.0592 e. The van der Waals surface area contributed by atoms with Gasteiger partial charge in [0.05, 0.1) is 6.10 Å². The minimum Gasteiger partial charge on any atom is -0.393 e. The fourth-order valence-corrected chi connectivity index (χ4v) is 1.20. The van der Waals surface area contributed by atoms with Crippen molar-refractivity contribution in [3.05, 3.63) is 11.6 Å². The highest BCUT2D eigenvalue weighted by molar-refractivity contribution is 5.95. The zero-order valence-corrected chi connectivity index (χ0v) is 10.0. The average molecular weight is 197 g/mol. The second-order valence-electron chi connectivity index (χ2n) is 4.20. The SMILES string of the molecule is CCC(O)CC(C=C(C)C)=NC(C)C. The number of hydrogen-bond acceptors (Lipinski definition) is 2. The lowest BCUT2D eigenvalue weighted by Gasteiger charge is -2.09. The maximum atomic E-state index is 9.54. The number of allylic oxidation sites excluding steroid dienone is 2. The van der Waals surface area contributed by atoms with Gasteiger partial charge in [-0.25, -0.2) is 0 Å². The van der Waals surface area contributed by atoms with Gasteiger partial charge in [-0.15, -0.1) is 0 Å². The van der Waals surface area contributed by atoms with Crippen LogP contribution in [0.4, 0.5) is 0 Å². The Balaban J connectivity index is 4.49. The van der Waals surface area contributed by atoms with Gasteiger partial charge < -0.3 is 5.11 Å². The van der Waals surface area contributed by atoms with E-state index < -0.39 is 0 Å². The average Bonchev–Trinajstić information content (AvgIpc) is 2.01. The Morgan fingerprint density at radius 3 is 2.29 bits per heavy atom. The minimum absolute atomic E-state index is 0.261. The molecule has 0 spiro atoms. The van der Waals surface area contributed by atoms with E-state index in [0.29, 0.717) is 12.5 Å². The summed E-state index contributed by atoms with van der Waals surface area (Å²) >= 11 is 0. The smallest absolute Gasteiger partial charge is 0.0592 e. The van der Waals surface area contributed by atoms with Crippen LogP contribution in [0.25, 0.3) is 0 Å². The van der Waals surface area contributed by atoms with Crippen LogP contribution in [0.2, 0.25) is 0 Å². The van der Waals surface area contributed by atoms with Gasteiger partial charge in [-0.1, -0.05) is 12.5 Å². The summed E-state index contributed by atoms with van der Waals surface area (Å²) < 4.78 is 0. The predicted octanol–water partition coefficient (Wildman–Crippen LogP) is 2.96. The lowest BCUT2D eigenvalue weighted by molar-refractivity contribution is 0.178. The van der Waals surface area contributed by atoms with E-state index in [1.807, 2.05) is 20.8 Å². The van der Waals surface area contributed by atoms with Gasteiger partial charge in [0.2, 0.25) is 0 Å². The highest BCUT2D eigenvalue weighted by Crippen LogP contribution is 2.05. The molecule has 0 aromatic rings. The summed E-state index contributed by atoms with van der Waals surface area (Å²) in [6.07, 6.45) is 3.25. The fraction of sp³-hybridized carbons (Fsp3) is 0.750. The number of aliphatic hydroxyl groups excluding tert-OH is 1. The van der Waals surface area contributed by atoms with Crippen LogP contribution in [0.15, 0.2) is 16.6 Å². The number of aliphatic imine (C=N–C) groups is 1. The Hall–Kier alpha value is -0.630. The largest absolute Gasteiger partial charge is 0.393 e. The van der Waals surface area contributed by atoms with Crippen molar-refractivity contribution in [2.75, 3.05) is 0 Å². The normalized spacial score (nSPS) is 14.4. The van der Waals surface area contributed by atoms with Gasteiger partial charge in [0.25, 0.3) is 0 Å². The summed E-state index contributed by atoms with van der Waals surface area (Å²) in [4.78, 5) is 4.49. The molecule has 1 unspecified atom stereocenters. The molecule has 2 nitrogen and oxygen atoms in total. The van der Waals surface area contributed by atoms with Crippen molar-refractivity contribution in [2.24, 2.45) is 4.99 Å². The third-order valence-corrected chi connectivity index (χ3v) is 1.80. The number of hydrogen-bond donors (Lipinski definition) is 1. The van der Waals surface area contributed by atoms with Crippen molar-refractivity contribution >= 4 is 5.71 Å². The molecule has 0 aliphatic rings. The first kappa shape index (κ1) is 13.4. The monoisotopic (exact) mass is 197 g/mol. The Morgan fingerprint density at radius 1 is 1.36 bits per heavy atom. The molecule has 0 aromatic carbocycles. The second-order valence-corrected chi connectivity index (χ2v) is 4.20. The van der Waals surface area contributed by atoms with Crippen LogP contribution in [-0.2, 0) is 0 Å². The summed E-state index contributed by atoms with van der Waals surface area (Å²) in [6, 6.07) is 0.296.